The van der Waals surface area contributed by atoms with Gasteiger partial charge in [0, 0.05) is 39.0 Å². The molecule has 3 rings (SSSR count). The number of carbonyl (C=O) groups excluding carboxylic acids is 7. The molecule has 2 fully saturated rings. The molecular weight excluding hydrogens is 871 g/mol. The Morgan fingerprint density at radius 3 is 1.92 bits per heavy atom. The van der Waals surface area contributed by atoms with Gasteiger partial charge in [0.25, 0.3) is 0 Å². The van der Waals surface area contributed by atoms with Crippen molar-refractivity contribution in [3.05, 3.63) is 35.9 Å². The monoisotopic (exact) mass is 935 g/mol. The van der Waals surface area contributed by atoms with Crippen LogP contribution in [0.2, 0.25) is 0 Å². The van der Waals surface area contributed by atoms with E-state index in [9.17, 15) is 48.3 Å². The van der Waals surface area contributed by atoms with Crippen molar-refractivity contribution in [1.82, 2.24) is 37.2 Å². The summed E-state index contributed by atoms with van der Waals surface area (Å²) in [4.78, 5) is 114. The fourth-order valence-corrected chi connectivity index (χ4v) is 6.86. The first kappa shape index (κ1) is 54.6. The Bertz CT molecular complexity index is 1840. The molecule has 66 heavy (non-hydrogen) atoms. The quantitative estimate of drug-likeness (QED) is 0.0517. The molecule has 0 saturated carbocycles. The van der Waals surface area contributed by atoms with Gasteiger partial charge in [-0.2, -0.15) is 0 Å². The zero-order valence-electron chi connectivity index (χ0n) is 38.3. The molecule has 2 saturated heterocycles. The molecule has 0 unspecified atom stereocenters. The minimum absolute atomic E-state index is 0.0189. The van der Waals surface area contributed by atoms with Crippen molar-refractivity contribution in [3.8, 4) is 0 Å². The molecule has 23 nitrogen and oxygen atoms in total. The van der Waals surface area contributed by atoms with Crippen molar-refractivity contribution >= 4 is 53.3 Å². The molecule has 2 aliphatic rings. The highest BCUT2D eigenvalue weighted by molar-refractivity contribution is 5.96. The third kappa shape index (κ3) is 17.6. The van der Waals surface area contributed by atoms with Crippen LogP contribution in [0.4, 0.5) is 0 Å². The van der Waals surface area contributed by atoms with Gasteiger partial charge >= 0.3 is 11.9 Å². The summed E-state index contributed by atoms with van der Waals surface area (Å²) in [6.07, 6.45) is -5.53. The summed E-state index contributed by atoms with van der Waals surface area (Å²) in [5.74, 6) is -7.61. The zero-order valence-corrected chi connectivity index (χ0v) is 38.3. The molecule has 1 aromatic rings. The number of carbonyl (C=O) groups is 9. The van der Waals surface area contributed by atoms with E-state index < -0.39 is 133 Å². The molecule has 0 spiro atoms. The molecular formula is C43H65N7O16. The Labute approximate surface area is 382 Å². The van der Waals surface area contributed by atoms with Gasteiger partial charge in [-0.05, 0) is 59.8 Å². The number of rotatable bonds is 26. The molecule has 23 heteroatoms. The van der Waals surface area contributed by atoms with Crippen molar-refractivity contribution in [2.75, 3.05) is 19.8 Å². The maximum absolute atomic E-state index is 13.7. The summed E-state index contributed by atoms with van der Waals surface area (Å²) in [5, 5.41) is 36.2. The average molecular weight is 936 g/mol. The number of benzene rings is 1. The largest absolute Gasteiger partial charge is 0.481 e. The predicted octanol–water partition coefficient (Wildman–Crippen LogP) is -0.730. The van der Waals surface area contributed by atoms with Crippen LogP contribution in [-0.2, 0) is 66.8 Å². The van der Waals surface area contributed by atoms with Crippen LogP contribution in [0.15, 0.2) is 30.3 Å². The second-order valence-electron chi connectivity index (χ2n) is 16.1. The summed E-state index contributed by atoms with van der Waals surface area (Å²) in [5.41, 5.74) is 0.705. The van der Waals surface area contributed by atoms with E-state index in [4.69, 9.17) is 28.8 Å². The minimum Gasteiger partial charge on any atom is -0.481 e. The second kappa shape index (κ2) is 27.0. The van der Waals surface area contributed by atoms with Gasteiger partial charge in [0.05, 0.1) is 6.61 Å². The van der Waals surface area contributed by atoms with Gasteiger partial charge in [0.2, 0.25) is 41.4 Å². The van der Waals surface area contributed by atoms with E-state index in [1.54, 1.807) is 0 Å². The Morgan fingerprint density at radius 1 is 0.727 bits per heavy atom. The lowest BCUT2D eigenvalue weighted by atomic mass is 9.95. The van der Waals surface area contributed by atoms with E-state index in [1.165, 1.54) is 41.5 Å². The Kier molecular flexibility index (Phi) is 22.3. The molecule has 368 valence electrons. The highest BCUT2D eigenvalue weighted by Gasteiger charge is 2.52. The van der Waals surface area contributed by atoms with E-state index in [0.717, 1.165) is 0 Å². The van der Waals surface area contributed by atoms with Gasteiger partial charge in [-0.25, -0.2) is 0 Å². The van der Waals surface area contributed by atoms with Crippen LogP contribution in [0.1, 0.15) is 98.8 Å². The third-order valence-electron chi connectivity index (χ3n) is 10.4. The Morgan fingerprint density at radius 2 is 1.32 bits per heavy atom. The van der Waals surface area contributed by atoms with E-state index >= 15 is 0 Å². The van der Waals surface area contributed by atoms with Crippen LogP contribution >= 0.6 is 0 Å². The maximum atomic E-state index is 13.7. The molecule has 0 aliphatic carbocycles. The second-order valence-corrected chi connectivity index (χ2v) is 16.1. The summed E-state index contributed by atoms with van der Waals surface area (Å²) in [6.45, 7) is 10.4. The first-order valence-electron chi connectivity index (χ1n) is 21.9. The fourth-order valence-electron chi connectivity index (χ4n) is 6.86. The van der Waals surface area contributed by atoms with Crippen LogP contribution < -0.4 is 37.2 Å². The number of fused-ring (bicyclic) bond motifs is 1. The maximum Gasteiger partial charge on any atom is 0.325 e. The zero-order chi connectivity index (χ0) is 49.1. The summed E-state index contributed by atoms with van der Waals surface area (Å²) < 4.78 is 30.9. The van der Waals surface area contributed by atoms with Crippen molar-refractivity contribution in [2.24, 2.45) is 0 Å². The molecule has 0 radical (unpaired) electrons. The Hall–Kier alpha value is -5.75. The van der Waals surface area contributed by atoms with Crippen molar-refractivity contribution in [3.63, 3.8) is 0 Å². The van der Waals surface area contributed by atoms with Crippen molar-refractivity contribution in [1.29, 1.82) is 0 Å². The lowest BCUT2D eigenvalue weighted by molar-refractivity contribution is -0.350. The van der Waals surface area contributed by atoms with Gasteiger partial charge in [-0.3, -0.25) is 43.2 Å². The third-order valence-corrected chi connectivity index (χ3v) is 10.4. The van der Waals surface area contributed by atoms with Gasteiger partial charge in [-0.15, -0.1) is 0 Å². The SMILES string of the molecule is CCCO[C@H]1O[C@@H]2CO[C@@H](c3ccccc3)O[C@H]2[C@H](O[C@H](C)C(=O)N[C@@H](C)C(=O)N[C@H](CCC(=O)O)C(=O)N[C@@H](CCCCNC(C)=O)C(=O)N[C@H](C)C(=O)N[C@H](C)C(=O)O)[C@H]1NC(C)=O. The summed E-state index contributed by atoms with van der Waals surface area (Å²) in [6, 6.07) is 1.42. The number of unbranched alkanes of at least 4 members (excludes halogenated alkanes) is 1. The molecule has 9 N–H and O–H groups in total. The fraction of sp³-hybridized carbons (Fsp3) is 0.651. The number of amides is 7. The molecule has 1 aromatic carbocycles. The van der Waals surface area contributed by atoms with Crippen molar-refractivity contribution in [2.45, 2.75) is 160 Å². The lowest BCUT2D eigenvalue weighted by Crippen LogP contribution is -2.68. The van der Waals surface area contributed by atoms with Crippen LogP contribution in [0, 0.1) is 0 Å². The summed E-state index contributed by atoms with van der Waals surface area (Å²) >= 11 is 0. The van der Waals surface area contributed by atoms with E-state index in [2.05, 4.69) is 37.2 Å². The van der Waals surface area contributed by atoms with Crippen LogP contribution in [0.5, 0.6) is 0 Å². The van der Waals surface area contributed by atoms with Crippen LogP contribution in [0.3, 0.4) is 0 Å². The number of hydrogen-bond donors (Lipinski definition) is 9. The number of aliphatic carboxylic acids is 2. The molecule has 2 heterocycles. The number of carboxylic acids is 2. The van der Waals surface area contributed by atoms with Gasteiger partial charge < -0.3 is 71.1 Å². The molecule has 7 amide bonds. The van der Waals surface area contributed by atoms with Gasteiger partial charge in [0.1, 0.15) is 60.7 Å². The highest BCUT2D eigenvalue weighted by Crippen LogP contribution is 2.36. The average Bonchev–Trinajstić information content (AvgIpc) is 3.26. The first-order valence-corrected chi connectivity index (χ1v) is 21.9. The van der Waals surface area contributed by atoms with Crippen LogP contribution in [0.25, 0.3) is 0 Å². The normalized spacial score (nSPS) is 22.8. The molecule has 12 atom stereocenters. The number of ether oxygens (including phenoxy) is 5. The predicted molar refractivity (Wildman–Crippen MR) is 231 cm³/mol. The number of carboxylic acid groups (broad SMARTS) is 2. The smallest absolute Gasteiger partial charge is 0.325 e. The molecule has 0 aromatic heterocycles. The molecule has 2 aliphatic heterocycles. The van der Waals surface area contributed by atoms with Crippen LogP contribution in [-0.4, -0.2) is 150 Å². The van der Waals surface area contributed by atoms with Crippen molar-refractivity contribution < 1.29 is 77.0 Å². The van der Waals surface area contributed by atoms with E-state index in [-0.39, 0.29) is 38.5 Å². The Balaban J connectivity index is 1.77. The van der Waals surface area contributed by atoms with E-state index in [1.807, 2.05) is 37.3 Å². The minimum atomic E-state index is -1.53. The summed E-state index contributed by atoms with van der Waals surface area (Å²) in [7, 11) is 0. The van der Waals surface area contributed by atoms with Gasteiger partial charge in [-0.1, -0.05) is 37.3 Å². The topological polar surface area (TPSA) is 324 Å². The standard InChI is InChI=1S/C43H65N7O16/c1-8-20-62-43-33(48-27(7)52)35(34-31(65-43)21-63-42(66-34)28-14-10-9-11-15-28)64-25(5)38(57)45-23(3)37(56)49-30(17-18-32(53)54)40(59)50-29(16-12-13-19-44-26(6)51)39(58)46-22(2)36(55)47-24(4)41(60)61/h9-11,14-15,22-25,29-31,33-35,42-43H,8,12-13,16-21H2,1-7H3,(H,44,51)(H,45,57)(H,46,58)(H,47,55)(H,48,52)(H,49,56)(H,50,59)(H,53,54)(H,60,61)/t22-,23+,24-,25-,29+,30-,31-,33-,34-,35-,42-,43+/m1/s1. The highest BCUT2D eigenvalue weighted by atomic mass is 16.8. The molecule has 0 bridgehead atoms. The lowest BCUT2D eigenvalue weighted by Gasteiger charge is -2.49. The van der Waals surface area contributed by atoms with E-state index in [0.29, 0.717) is 18.4 Å². The van der Waals surface area contributed by atoms with Gasteiger partial charge in [0.15, 0.2) is 12.6 Å². The number of hydrogen-bond acceptors (Lipinski definition) is 14. The first-order chi connectivity index (χ1) is 31.2. The number of nitrogens with one attached hydrogen (secondary N) is 7.